The Bertz CT molecular complexity index is 617. The monoisotopic (exact) mass is 309 g/mol. The third kappa shape index (κ3) is 3.71. The number of aromatic carboxylic acids is 1. The molecule has 1 rings (SSSR count). The van der Waals surface area contributed by atoms with Crippen molar-refractivity contribution in [2.45, 2.75) is 24.3 Å². The number of halogens is 2. The van der Waals surface area contributed by atoms with Crippen LogP contribution in [-0.2, 0) is 10.0 Å². The van der Waals surface area contributed by atoms with E-state index in [-0.39, 0.29) is 13.0 Å². The van der Waals surface area contributed by atoms with E-state index in [0.29, 0.717) is 12.1 Å². The third-order valence-corrected chi connectivity index (χ3v) is 4.04. The standard InChI is InChI=1S/C11H13F2NO5S/c1-6(2-3-15)14-20(18,19)9-5-7(11(16)17)4-8(12)10(9)13/h4-6,14-15H,2-3H2,1H3,(H,16,17). The summed E-state index contributed by atoms with van der Waals surface area (Å²) in [6.07, 6.45) is 0.0714. The lowest BCUT2D eigenvalue weighted by atomic mass is 10.2. The zero-order valence-corrected chi connectivity index (χ0v) is 11.2. The van der Waals surface area contributed by atoms with Crippen LogP contribution in [-0.4, -0.2) is 37.2 Å². The van der Waals surface area contributed by atoms with Crippen molar-refractivity contribution in [3.8, 4) is 0 Å². The maximum Gasteiger partial charge on any atom is 0.335 e. The van der Waals surface area contributed by atoms with Gasteiger partial charge in [0.1, 0.15) is 4.90 Å². The van der Waals surface area contributed by atoms with E-state index in [0.717, 1.165) is 0 Å². The molecule has 0 radical (unpaired) electrons. The molecule has 0 bridgehead atoms. The first-order valence-electron chi connectivity index (χ1n) is 5.54. The van der Waals surface area contributed by atoms with Gasteiger partial charge in [-0.05, 0) is 25.5 Å². The van der Waals surface area contributed by atoms with E-state index in [1.807, 2.05) is 4.72 Å². The van der Waals surface area contributed by atoms with Crippen molar-refractivity contribution < 1.29 is 32.2 Å². The summed E-state index contributed by atoms with van der Waals surface area (Å²) in [5.74, 6) is -4.80. The number of hydrogen-bond acceptors (Lipinski definition) is 4. The molecule has 0 heterocycles. The number of sulfonamides is 1. The van der Waals surface area contributed by atoms with E-state index in [9.17, 15) is 22.0 Å². The minimum atomic E-state index is -4.43. The van der Waals surface area contributed by atoms with Crippen LogP contribution in [0.3, 0.4) is 0 Å². The van der Waals surface area contributed by atoms with Gasteiger partial charge in [-0.1, -0.05) is 0 Å². The molecule has 1 aromatic carbocycles. The molecule has 0 spiro atoms. The van der Waals surface area contributed by atoms with Crippen LogP contribution in [0.5, 0.6) is 0 Å². The molecule has 3 N–H and O–H groups in total. The van der Waals surface area contributed by atoms with E-state index in [1.165, 1.54) is 6.92 Å². The molecule has 1 aromatic rings. The lowest BCUT2D eigenvalue weighted by Crippen LogP contribution is -2.34. The van der Waals surface area contributed by atoms with Crippen LogP contribution in [0.1, 0.15) is 23.7 Å². The van der Waals surface area contributed by atoms with Gasteiger partial charge in [-0.3, -0.25) is 0 Å². The Morgan fingerprint density at radius 2 is 2.00 bits per heavy atom. The molecule has 1 atom stereocenters. The maximum absolute atomic E-state index is 13.5. The molecule has 1 unspecified atom stereocenters. The van der Waals surface area contributed by atoms with Crippen LogP contribution < -0.4 is 4.72 Å². The van der Waals surface area contributed by atoms with Crippen molar-refractivity contribution in [3.05, 3.63) is 29.3 Å². The maximum atomic E-state index is 13.5. The highest BCUT2D eigenvalue weighted by Crippen LogP contribution is 2.20. The molecule has 0 aliphatic heterocycles. The molecule has 0 saturated heterocycles. The Kier molecular flexibility index (Phi) is 5.15. The van der Waals surface area contributed by atoms with E-state index in [2.05, 4.69) is 0 Å². The fourth-order valence-electron chi connectivity index (χ4n) is 1.46. The van der Waals surface area contributed by atoms with E-state index in [4.69, 9.17) is 10.2 Å². The molecule has 112 valence electrons. The van der Waals surface area contributed by atoms with Crippen LogP contribution >= 0.6 is 0 Å². The average molecular weight is 309 g/mol. The summed E-state index contributed by atoms with van der Waals surface area (Å²) in [7, 11) is -4.43. The highest BCUT2D eigenvalue weighted by atomic mass is 32.2. The molecule has 0 aliphatic carbocycles. The van der Waals surface area contributed by atoms with Gasteiger partial charge >= 0.3 is 5.97 Å². The van der Waals surface area contributed by atoms with Crippen molar-refractivity contribution in [1.29, 1.82) is 0 Å². The van der Waals surface area contributed by atoms with E-state index in [1.54, 1.807) is 0 Å². The first-order chi connectivity index (χ1) is 9.19. The zero-order chi connectivity index (χ0) is 15.5. The van der Waals surface area contributed by atoms with Crippen LogP contribution in [0, 0.1) is 11.6 Å². The molecule has 0 amide bonds. The number of benzene rings is 1. The van der Waals surface area contributed by atoms with Crippen molar-refractivity contribution in [3.63, 3.8) is 0 Å². The van der Waals surface area contributed by atoms with Crippen molar-refractivity contribution in [1.82, 2.24) is 4.72 Å². The predicted octanol–water partition coefficient (Wildman–Crippen LogP) is 0.712. The van der Waals surface area contributed by atoms with Gasteiger partial charge in [0, 0.05) is 12.6 Å². The third-order valence-electron chi connectivity index (χ3n) is 2.45. The Morgan fingerprint density at radius 3 is 2.50 bits per heavy atom. The molecular weight excluding hydrogens is 296 g/mol. The first kappa shape index (κ1) is 16.5. The summed E-state index contributed by atoms with van der Waals surface area (Å²) >= 11 is 0. The summed E-state index contributed by atoms with van der Waals surface area (Å²) in [5.41, 5.74) is -0.681. The minimum absolute atomic E-state index is 0.0714. The van der Waals surface area contributed by atoms with Crippen molar-refractivity contribution in [2.75, 3.05) is 6.61 Å². The SMILES string of the molecule is CC(CCO)NS(=O)(=O)c1cc(C(=O)O)cc(F)c1F. The number of carbonyl (C=O) groups is 1. The topological polar surface area (TPSA) is 104 Å². The summed E-state index contributed by atoms with van der Waals surface area (Å²) in [6.45, 7) is 1.12. The van der Waals surface area contributed by atoms with Crippen LogP contribution in [0.25, 0.3) is 0 Å². The molecular formula is C11H13F2NO5S. The summed E-state index contributed by atoms with van der Waals surface area (Å²) in [4.78, 5) is 9.65. The normalized spacial score (nSPS) is 13.2. The van der Waals surface area contributed by atoms with Gasteiger partial charge in [0.15, 0.2) is 11.6 Å². The molecule has 6 nitrogen and oxygen atoms in total. The van der Waals surface area contributed by atoms with Crippen molar-refractivity contribution >= 4 is 16.0 Å². The van der Waals surface area contributed by atoms with Crippen LogP contribution in [0.2, 0.25) is 0 Å². The van der Waals surface area contributed by atoms with Gasteiger partial charge in [-0.2, -0.15) is 0 Å². The van der Waals surface area contributed by atoms with Gasteiger partial charge in [-0.15, -0.1) is 0 Å². The fraction of sp³-hybridized carbons (Fsp3) is 0.364. The second-order valence-corrected chi connectivity index (χ2v) is 5.79. The van der Waals surface area contributed by atoms with Gasteiger partial charge in [0.2, 0.25) is 10.0 Å². The largest absolute Gasteiger partial charge is 0.478 e. The number of rotatable bonds is 6. The molecule has 0 aliphatic rings. The number of carboxylic acids is 1. The Hall–Kier alpha value is -1.58. The Morgan fingerprint density at radius 1 is 1.40 bits per heavy atom. The molecule has 9 heteroatoms. The second-order valence-electron chi connectivity index (χ2n) is 4.11. The highest BCUT2D eigenvalue weighted by molar-refractivity contribution is 7.89. The second kappa shape index (κ2) is 6.25. The number of aliphatic hydroxyl groups excluding tert-OH is 1. The Balaban J connectivity index is 3.27. The summed E-state index contributed by atoms with van der Waals surface area (Å²) < 4.78 is 52.6. The number of nitrogens with one attached hydrogen (secondary N) is 1. The fourth-order valence-corrected chi connectivity index (χ4v) is 2.85. The average Bonchev–Trinajstić information content (AvgIpc) is 2.31. The lowest BCUT2D eigenvalue weighted by molar-refractivity contribution is 0.0696. The van der Waals surface area contributed by atoms with Crippen LogP contribution in [0.15, 0.2) is 17.0 Å². The van der Waals surface area contributed by atoms with E-state index >= 15 is 0 Å². The van der Waals surface area contributed by atoms with E-state index < -0.39 is 44.1 Å². The molecule has 0 saturated carbocycles. The number of aliphatic hydroxyl groups is 1. The summed E-state index contributed by atoms with van der Waals surface area (Å²) in [5, 5.41) is 17.4. The van der Waals surface area contributed by atoms with Gasteiger partial charge in [0.25, 0.3) is 0 Å². The molecule has 0 aromatic heterocycles. The van der Waals surface area contributed by atoms with Gasteiger partial charge in [-0.25, -0.2) is 26.7 Å². The minimum Gasteiger partial charge on any atom is -0.478 e. The predicted molar refractivity (Wildman–Crippen MR) is 64.8 cm³/mol. The Labute approximate surface area is 114 Å². The lowest BCUT2D eigenvalue weighted by Gasteiger charge is -2.14. The van der Waals surface area contributed by atoms with Gasteiger partial charge < -0.3 is 10.2 Å². The molecule has 20 heavy (non-hydrogen) atoms. The molecule has 0 fully saturated rings. The first-order valence-corrected chi connectivity index (χ1v) is 7.03. The highest BCUT2D eigenvalue weighted by Gasteiger charge is 2.25. The summed E-state index contributed by atoms with van der Waals surface area (Å²) in [6, 6.07) is 0.212. The van der Waals surface area contributed by atoms with Crippen molar-refractivity contribution in [2.24, 2.45) is 0 Å². The number of hydrogen-bond donors (Lipinski definition) is 3. The zero-order valence-electron chi connectivity index (χ0n) is 10.4. The van der Waals surface area contributed by atoms with Gasteiger partial charge in [0.05, 0.1) is 5.56 Å². The quantitative estimate of drug-likeness (QED) is 0.718. The smallest absolute Gasteiger partial charge is 0.335 e. The van der Waals surface area contributed by atoms with Crippen LogP contribution in [0.4, 0.5) is 8.78 Å². The number of carboxylic acid groups (broad SMARTS) is 1.